The molecule has 4 rings (SSSR count). The van der Waals surface area contributed by atoms with E-state index in [1.54, 1.807) is 24.3 Å². The first-order valence-corrected chi connectivity index (χ1v) is 9.04. The van der Waals surface area contributed by atoms with Crippen LogP contribution < -0.4 is 26.9 Å². The number of fused-ring (bicyclic) bond motifs is 1. The molecule has 11 heteroatoms. The summed E-state index contributed by atoms with van der Waals surface area (Å²) in [5.74, 6) is -0.652. The van der Waals surface area contributed by atoms with Crippen molar-refractivity contribution < 1.29 is 14.3 Å². The highest BCUT2D eigenvalue weighted by Crippen LogP contribution is 2.41. The number of aliphatic imine (C=N–C) groups is 1. The van der Waals surface area contributed by atoms with E-state index in [9.17, 15) is 15.2 Å². The van der Waals surface area contributed by atoms with Gasteiger partial charge in [-0.3, -0.25) is 9.52 Å². The van der Waals surface area contributed by atoms with Crippen LogP contribution in [0.25, 0.3) is 21.5 Å². The van der Waals surface area contributed by atoms with E-state index in [2.05, 4.69) is 15.2 Å². The Kier molecular flexibility index (Phi) is 4.25. The molecule has 29 heavy (non-hydrogen) atoms. The van der Waals surface area contributed by atoms with Gasteiger partial charge in [-0.1, -0.05) is 22.9 Å². The molecule has 4 aromatic rings. The van der Waals surface area contributed by atoms with Gasteiger partial charge >= 0.3 is 11.3 Å². The summed E-state index contributed by atoms with van der Waals surface area (Å²) in [4.78, 5) is 20.9. The predicted octanol–water partition coefficient (Wildman–Crippen LogP) is 0.544. The summed E-state index contributed by atoms with van der Waals surface area (Å²) in [6.07, 6.45) is 0. The molecule has 1 aromatic carbocycles. The smallest absolute Gasteiger partial charge is 0.435 e. The molecule has 0 aliphatic heterocycles. The van der Waals surface area contributed by atoms with E-state index < -0.39 is 11.5 Å². The zero-order chi connectivity index (χ0) is 20.7. The zero-order valence-electron chi connectivity index (χ0n) is 15.0. The predicted molar refractivity (Wildman–Crippen MR) is 105 cm³/mol. The largest absolute Gasteiger partial charge is 0.858 e. The third-order valence-electron chi connectivity index (χ3n) is 4.24. The number of thiophene rings is 1. The number of para-hydroxylation sites is 1. The third kappa shape index (κ3) is 2.88. The molecule has 144 valence electrons. The number of nitrogens with zero attached hydrogens (tertiary/aromatic N) is 4. The number of nitrogens with one attached hydrogen (secondary N) is 1. The molecule has 0 aliphatic carbocycles. The van der Waals surface area contributed by atoms with E-state index in [1.165, 1.54) is 11.7 Å². The Bertz CT molecular complexity index is 1380. The molecule has 0 unspecified atom stereocenters. The van der Waals surface area contributed by atoms with Crippen LogP contribution in [-0.4, -0.2) is 16.2 Å². The van der Waals surface area contributed by atoms with Gasteiger partial charge in [0.05, 0.1) is 27.2 Å². The van der Waals surface area contributed by atoms with Gasteiger partial charge in [-0.15, -0.1) is 11.3 Å². The molecule has 0 atom stereocenters. The van der Waals surface area contributed by atoms with E-state index in [4.69, 9.17) is 16.0 Å². The second kappa shape index (κ2) is 6.77. The van der Waals surface area contributed by atoms with Crippen molar-refractivity contribution in [3.8, 4) is 17.3 Å². The monoisotopic (exact) mass is 407 g/mol. The quantitative estimate of drug-likeness (QED) is 0.252. The van der Waals surface area contributed by atoms with Gasteiger partial charge in [0.1, 0.15) is 22.3 Å². The summed E-state index contributed by atoms with van der Waals surface area (Å²) in [6.45, 7) is 0. The number of hydrogen-bond donors (Lipinski definition) is 3. The van der Waals surface area contributed by atoms with Crippen molar-refractivity contribution in [3.63, 3.8) is 0 Å². The Morgan fingerprint density at radius 1 is 1.38 bits per heavy atom. The van der Waals surface area contributed by atoms with Gasteiger partial charge in [-0.05, 0) is 17.4 Å². The third-order valence-corrected chi connectivity index (χ3v) is 5.33. The minimum atomic E-state index is -0.719. The van der Waals surface area contributed by atoms with Gasteiger partial charge in [0.25, 0.3) is 0 Å². The molecule has 0 bridgehead atoms. The maximum atomic E-state index is 12.7. The lowest BCUT2D eigenvalue weighted by Gasteiger charge is -2.09. The van der Waals surface area contributed by atoms with E-state index in [0.29, 0.717) is 10.5 Å². The highest BCUT2D eigenvalue weighted by molar-refractivity contribution is 7.21. The number of hydrogen-bond acceptors (Lipinski definition) is 9. The summed E-state index contributed by atoms with van der Waals surface area (Å²) < 4.78 is 6.10. The average molecular weight is 407 g/mol. The molecule has 0 spiro atoms. The molecule has 5 N–H and O–H groups in total. The molecule has 3 aromatic heterocycles. The molecule has 0 amide bonds. The van der Waals surface area contributed by atoms with Gasteiger partial charge in [-0.2, -0.15) is 5.26 Å². The lowest BCUT2D eigenvalue weighted by molar-refractivity contribution is -0.730. The van der Waals surface area contributed by atoms with Crippen LogP contribution >= 0.6 is 11.3 Å². The van der Waals surface area contributed by atoms with E-state index in [1.807, 2.05) is 12.1 Å². The number of anilines is 2. The topological polar surface area (TPSA) is 174 Å². The Morgan fingerprint density at radius 3 is 2.72 bits per heavy atom. The molecular formula is C18H13N7O3S. The van der Waals surface area contributed by atoms with Gasteiger partial charge in [0.2, 0.25) is 0 Å². The Balaban J connectivity index is 2.05. The molecule has 0 radical (unpaired) electrons. The van der Waals surface area contributed by atoms with E-state index in [0.717, 1.165) is 11.3 Å². The van der Waals surface area contributed by atoms with Crippen molar-refractivity contribution in [1.82, 2.24) is 10.3 Å². The molecule has 0 aliphatic rings. The Labute approximate surface area is 166 Å². The number of benzene rings is 1. The molecular weight excluding hydrogens is 394 g/mol. The summed E-state index contributed by atoms with van der Waals surface area (Å²) >= 11 is 0.987. The van der Waals surface area contributed by atoms with Crippen LogP contribution in [0, 0.1) is 11.3 Å². The maximum Gasteiger partial charge on any atom is 0.435 e. The van der Waals surface area contributed by atoms with E-state index >= 15 is 0 Å². The van der Waals surface area contributed by atoms with Crippen molar-refractivity contribution in [1.29, 1.82) is 5.26 Å². The minimum Gasteiger partial charge on any atom is -0.858 e. The number of aromatic amines is 1. The van der Waals surface area contributed by atoms with Gasteiger partial charge in [0, 0.05) is 5.90 Å². The first-order chi connectivity index (χ1) is 13.9. The van der Waals surface area contributed by atoms with Gasteiger partial charge < -0.3 is 16.6 Å². The van der Waals surface area contributed by atoms with Crippen LogP contribution in [0.1, 0.15) is 10.4 Å². The fourth-order valence-corrected chi connectivity index (χ4v) is 3.96. The highest BCUT2D eigenvalue weighted by atomic mass is 32.1. The standard InChI is InChI=1S/C18H13N7O3S/c1-25-13(18(27)28-24-25)10-9(7-19)15(21)23-17-11(10)12(20)14(29-17)16(26)22-8-5-3-2-4-6-8/h2-6H,1H3,(H5-,20,21,22,23,24,26,27). The second-order valence-corrected chi connectivity index (χ2v) is 7.02. The Morgan fingerprint density at radius 2 is 2.10 bits per heavy atom. The summed E-state index contributed by atoms with van der Waals surface area (Å²) in [7, 11) is 1.53. The first-order valence-electron chi connectivity index (χ1n) is 8.23. The maximum absolute atomic E-state index is 12.7. The molecule has 3 heterocycles. The summed E-state index contributed by atoms with van der Waals surface area (Å²) in [5.41, 5.74) is 12.2. The SMILES string of the molecule is C[n+]1[nH]oc(=O)c1-c1c(C#N)c(N)nc2sc(C([O-])=Nc3ccccc3)c(N)c12. The fraction of sp³-hybridized carbons (Fsp3) is 0.0556. The lowest BCUT2D eigenvalue weighted by atomic mass is 10.0. The number of nitrogens with two attached hydrogens (primary N) is 2. The number of rotatable bonds is 3. The van der Waals surface area contributed by atoms with Gasteiger partial charge in [-0.25, -0.2) is 9.78 Å². The van der Waals surface area contributed by atoms with Crippen LogP contribution in [0.4, 0.5) is 17.2 Å². The van der Waals surface area contributed by atoms with Crippen molar-refractivity contribution in [2.75, 3.05) is 11.5 Å². The number of H-pyrrole nitrogens is 1. The van der Waals surface area contributed by atoms with Crippen LogP contribution in [0.3, 0.4) is 0 Å². The molecule has 0 fully saturated rings. The van der Waals surface area contributed by atoms with Gasteiger partial charge in [0.15, 0.2) is 7.05 Å². The summed E-state index contributed by atoms with van der Waals surface area (Å²) in [5, 5.41) is 25.0. The minimum absolute atomic E-state index is 0.0316. The normalized spacial score (nSPS) is 11.7. The molecule has 10 nitrogen and oxygen atoms in total. The van der Waals surface area contributed by atoms with E-state index in [-0.39, 0.29) is 38.6 Å². The molecule has 0 saturated carbocycles. The number of nitrogen functional groups attached to an aromatic ring is 2. The second-order valence-electron chi connectivity index (χ2n) is 6.02. The van der Waals surface area contributed by atoms with Crippen molar-refractivity contribution >= 4 is 44.6 Å². The fourth-order valence-electron chi connectivity index (χ4n) is 2.96. The van der Waals surface area contributed by atoms with Crippen molar-refractivity contribution in [2.45, 2.75) is 0 Å². The Hall–Kier alpha value is -4.17. The van der Waals surface area contributed by atoms with Crippen LogP contribution in [0.5, 0.6) is 0 Å². The number of pyridine rings is 1. The van der Waals surface area contributed by atoms with Crippen LogP contribution in [-0.2, 0) is 7.05 Å². The molecule has 0 saturated heterocycles. The number of nitriles is 1. The number of aromatic nitrogens is 3. The first kappa shape index (κ1) is 18.2. The van der Waals surface area contributed by atoms with Crippen LogP contribution in [0.2, 0.25) is 0 Å². The summed E-state index contributed by atoms with van der Waals surface area (Å²) in [6, 6.07) is 10.6. The van der Waals surface area contributed by atoms with Crippen LogP contribution in [0.15, 0.2) is 44.6 Å². The van der Waals surface area contributed by atoms with Crippen molar-refractivity contribution in [3.05, 3.63) is 51.2 Å². The average Bonchev–Trinajstić information content (AvgIpc) is 3.20. The highest BCUT2D eigenvalue weighted by Gasteiger charge is 2.30. The zero-order valence-corrected chi connectivity index (χ0v) is 15.8. The van der Waals surface area contributed by atoms with Crippen molar-refractivity contribution in [2.24, 2.45) is 12.0 Å². The number of aryl methyl sites for hydroxylation is 1. The lowest BCUT2D eigenvalue weighted by Crippen LogP contribution is -2.34.